The van der Waals surface area contributed by atoms with Gasteiger partial charge in [-0.3, -0.25) is 5.32 Å². The molecule has 0 saturated carbocycles. The molecule has 1 aromatic heterocycles. The van der Waals surface area contributed by atoms with E-state index in [9.17, 15) is 4.79 Å². The van der Waals surface area contributed by atoms with Crippen LogP contribution in [-0.2, 0) is 0 Å². The summed E-state index contributed by atoms with van der Waals surface area (Å²) in [7, 11) is 0. The summed E-state index contributed by atoms with van der Waals surface area (Å²) in [5.41, 5.74) is 5.28. The Morgan fingerprint density at radius 3 is 2.06 bits per heavy atom. The second-order valence-electron chi connectivity index (χ2n) is 7.80. The Labute approximate surface area is 192 Å². The van der Waals surface area contributed by atoms with E-state index in [1.54, 1.807) is 0 Å². The number of amides is 2. The second kappa shape index (κ2) is 8.93. The second-order valence-corrected chi connectivity index (χ2v) is 7.80. The van der Waals surface area contributed by atoms with Gasteiger partial charge in [-0.25, -0.2) is 14.8 Å². The number of rotatable bonds is 4. The van der Waals surface area contributed by atoms with Crippen LogP contribution in [0, 0.1) is 6.92 Å². The smallest absolute Gasteiger partial charge is 0.307 e. The van der Waals surface area contributed by atoms with Crippen molar-refractivity contribution in [3.8, 4) is 22.5 Å². The number of urea groups is 1. The lowest BCUT2D eigenvalue weighted by atomic mass is 10.1. The van der Waals surface area contributed by atoms with Gasteiger partial charge >= 0.3 is 6.03 Å². The Morgan fingerprint density at radius 1 is 0.667 bits per heavy atom. The highest BCUT2D eigenvalue weighted by molar-refractivity contribution is 6.05. The van der Waals surface area contributed by atoms with Gasteiger partial charge < -0.3 is 5.32 Å². The van der Waals surface area contributed by atoms with Gasteiger partial charge in [0.25, 0.3) is 0 Å². The van der Waals surface area contributed by atoms with E-state index in [1.807, 2.05) is 110 Å². The molecule has 0 bridgehead atoms. The van der Waals surface area contributed by atoms with Crippen molar-refractivity contribution < 1.29 is 4.79 Å². The Bertz CT molecular complexity index is 1420. The van der Waals surface area contributed by atoms with Crippen LogP contribution in [0.2, 0.25) is 0 Å². The van der Waals surface area contributed by atoms with E-state index in [1.165, 1.54) is 5.56 Å². The Kier molecular flexibility index (Phi) is 5.52. The van der Waals surface area contributed by atoms with E-state index in [0.29, 0.717) is 0 Å². The van der Waals surface area contributed by atoms with Crippen molar-refractivity contribution in [1.82, 2.24) is 9.97 Å². The molecule has 5 nitrogen and oxygen atoms in total. The lowest BCUT2D eigenvalue weighted by Crippen LogP contribution is -2.21. The van der Waals surface area contributed by atoms with E-state index < -0.39 is 6.03 Å². The molecule has 4 aromatic carbocycles. The van der Waals surface area contributed by atoms with Crippen LogP contribution >= 0.6 is 0 Å². The molecule has 0 atom stereocenters. The standard InChI is InChI=1S/C28H22N4O/c1-19-14-16-22(17-15-19)26-18-25(21-9-3-2-4-10-21)29-27(30-26)32-28(33)31-24-13-7-11-20-8-5-6-12-23(20)24/h2-18H,1H3,(H2,29,30,31,32,33). The number of fused-ring (bicyclic) bond motifs is 1. The van der Waals surface area contributed by atoms with Gasteiger partial charge in [0, 0.05) is 16.5 Å². The van der Waals surface area contributed by atoms with Gasteiger partial charge in [0.1, 0.15) is 0 Å². The zero-order valence-electron chi connectivity index (χ0n) is 18.1. The number of carbonyl (C=O) groups excluding carboxylic acids is 1. The van der Waals surface area contributed by atoms with Gasteiger partial charge in [-0.2, -0.15) is 0 Å². The largest absolute Gasteiger partial charge is 0.326 e. The summed E-state index contributed by atoms with van der Waals surface area (Å²) in [4.78, 5) is 22.1. The first-order chi connectivity index (χ1) is 16.2. The van der Waals surface area contributed by atoms with Crippen LogP contribution in [0.25, 0.3) is 33.3 Å². The lowest BCUT2D eigenvalue weighted by molar-refractivity contribution is 0.262. The van der Waals surface area contributed by atoms with Gasteiger partial charge in [-0.15, -0.1) is 0 Å². The Hall–Kier alpha value is -4.51. The number of aromatic nitrogens is 2. The molecular formula is C28H22N4O. The summed E-state index contributed by atoms with van der Waals surface area (Å²) in [6.45, 7) is 2.05. The number of aryl methyl sites for hydroxylation is 1. The highest BCUT2D eigenvalue weighted by Crippen LogP contribution is 2.26. The number of anilines is 2. The van der Waals surface area contributed by atoms with Crippen molar-refractivity contribution in [3.05, 3.63) is 109 Å². The molecule has 33 heavy (non-hydrogen) atoms. The quantitative estimate of drug-likeness (QED) is 0.325. The van der Waals surface area contributed by atoms with Gasteiger partial charge in [0.2, 0.25) is 5.95 Å². The molecule has 5 aromatic rings. The first-order valence-corrected chi connectivity index (χ1v) is 10.7. The van der Waals surface area contributed by atoms with Crippen molar-refractivity contribution in [2.24, 2.45) is 0 Å². The molecule has 0 unspecified atom stereocenters. The predicted molar refractivity (Wildman–Crippen MR) is 134 cm³/mol. The van der Waals surface area contributed by atoms with Crippen LogP contribution in [0.3, 0.4) is 0 Å². The molecule has 0 spiro atoms. The summed E-state index contributed by atoms with van der Waals surface area (Å²) in [5, 5.41) is 7.77. The molecule has 0 radical (unpaired) electrons. The average Bonchev–Trinajstić information content (AvgIpc) is 2.85. The van der Waals surface area contributed by atoms with Crippen LogP contribution in [0.15, 0.2) is 103 Å². The fourth-order valence-corrected chi connectivity index (χ4v) is 3.72. The molecule has 0 aliphatic carbocycles. The number of hydrogen-bond acceptors (Lipinski definition) is 3. The molecule has 5 heteroatoms. The normalized spacial score (nSPS) is 10.7. The van der Waals surface area contributed by atoms with Crippen LogP contribution in [-0.4, -0.2) is 16.0 Å². The monoisotopic (exact) mass is 430 g/mol. The SMILES string of the molecule is Cc1ccc(-c2cc(-c3ccccc3)nc(NC(=O)Nc3cccc4ccccc34)n2)cc1. The molecule has 0 aliphatic rings. The van der Waals surface area contributed by atoms with E-state index in [4.69, 9.17) is 0 Å². The number of nitrogens with zero attached hydrogens (tertiary/aromatic N) is 2. The molecule has 0 saturated heterocycles. The van der Waals surface area contributed by atoms with E-state index in [-0.39, 0.29) is 5.95 Å². The third-order valence-corrected chi connectivity index (χ3v) is 5.41. The Morgan fingerprint density at radius 2 is 1.30 bits per heavy atom. The first-order valence-electron chi connectivity index (χ1n) is 10.7. The van der Waals surface area contributed by atoms with E-state index in [0.717, 1.165) is 39.0 Å². The molecule has 1 heterocycles. The number of benzene rings is 4. The minimum absolute atomic E-state index is 0.240. The van der Waals surface area contributed by atoms with Crippen molar-refractivity contribution >= 4 is 28.4 Å². The van der Waals surface area contributed by atoms with E-state index >= 15 is 0 Å². The molecule has 2 N–H and O–H groups in total. The highest BCUT2D eigenvalue weighted by atomic mass is 16.2. The van der Waals surface area contributed by atoms with Gasteiger partial charge in [-0.1, -0.05) is 96.6 Å². The molecule has 2 amide bonds. The first kappa shape index (κ1) is 20.4. The maximum Gasteiger partial charge on any atom is 0.326 e. The highest BCUT2D eigenvalue weighted by Gasteiger charge is 2.12. The lowest BCUT2D eigenvalue weighted by Gasteiger charge is -2.12. The van der Waals surface area contributed by atoms with Crippen molar-refractivity contribution in [3.63, 3.8) is 0 Å². The zero-order valence-corrected chi connectivity index (χ0v) is 18.1. The zero-order chi connectivity index (χ0) is 22.6. The predicted octanol–water partition coefficient (Wildman–Crippen LogP) is 6.92. The van der Waals surface area contributed by atoms with Crippen LogP contribution < -0.4 is 10.6 Å². The van der Waals surface area contributed by atoms with E-state index in [2.05, 4.69) is 20.6 Å². The van der Waals surface area contributed by atoms with Crippen LogP contribution in [0.1, 0.15) is 5.56 Å². The molecule has 5 rings (SSSR count). The third-order valence-electron chi connectivity index (χ3n) is 5.41. The molecule has 0 fully saturated rings. The van der Waals surface area contributed by atoms with Crippen LogP contribution in [0.5, 0.6) is 0 Å². The Balaban J connectivity index is 1.48. The third kappa shape index (κ3) is 4.57. The number of hydrogen-bond donors (Lipinski definition) is 2. The van der Waals surface area contributed by atoms with Crippen LogP contribution in [0.4, 0.5) is 16.4 Å². The minimum Gasteiger partial charge on any atom is -0.307 e. The summed E-state index contributed by atoms with van der Waals surface area (Å²) in [6.07, 6.45) is 0. The topological polar surface area (TPSA) is 66.9 Å². The number of nitrogens with one attached hydrogen (secondary N) is 2. The maximum absolute atomic E-state index is 12.9. The summed E-state index contributed by atoms with van der Waals surface area (Å²) >= 11 is 0. The molecular weight excluding hydrogens is 408 g/mol. The van der Waals surface area contributed by atoms with Crippen molar-refractivity contribution in [2.75, 3.05) is 10.6 Å². The van der Waals surface area contributed by atoms with Gasteiger partial charge in [-0.05, 0) is 24.4 Å². The molecule has 0 aliphatic heterocycles. The summed E-state index contributed by atoms with van der Waals surface area (Å²) in [5.74, 6) is 0.240. The average molecular weight is 431 g/mol. The van der Waals surface area contributed by atoms with Crippen molar-refractivity contribution in [1.29, 1.82) is 0 Å². The summed E-state index contributed by atoms with van der Waals surface area (Å²) in [6, 6.07) is 33.2. The van der Waals surface area contributed by atoms with Gasteiger partial charge in [0.05, 0.1) is 17.1 Å². The fraction of sp³-hybridized carbons (Fsp3) is 0.0357. The van der Waals surface area contributed by atoms with Crippen molar-refractivity contribution in [2.45, 2.75) is 6.92 Å². The van der Waals surface area contributed by atoms with Gasteiger partial charge in [0.15, 0.2) is 0 Å². The summed E-state index contributed by atoms with van der Waals surface area (Å²) < 4.78 is 0. The minimum atomic E-state index is -0.397. The maximum atomic E-state index is 12.9. The number of carbonyl (C=O) groups is 1. The molecule has 160 valence electrons. The fourth-order valence-electron chi connectivity index (χ4n) is 3.72.